The summed E-state index contributed by atoms with van der Waals surface area (Å²) in [5.74, 6) is -1.29. The predicted molar refractivity (Wildman–Crippen MR) is 62.1 cm³/mol. The molecule has 0 saturated carbocycles. The molecule has 0 aliphatic carbocycles. The first-order valence-electron chi connectivity index (χ1n) is 4.79. The minimum Gasteiger partial charge on any atom is -0.337 e. The molecule has 0 saturated heterocycles. The number of hydrogen-bond donors (Lipinski definition) is 1. The van der Waals surface area contributed by atoms with Gasteiger partial charge in [-0.2, -0.15) is 0 Å². The summed E-state index contributed by atoms with van der Waals surface area (Å²) < 4.78 is 26.4. The lowest BCUT2D eigenvalue weighted by Gasteiger charge is -2.08. The molecule has 18 heavy (non-hydrogen) atoms. The van der Waals surface area contributed by atoms with Gasteiger partial charge in [-0.3, -0.25) is 4.79 Å². The minimum absolute atomic E-state index is 0.00880. The Morgan fingerprint density at radius 1 is 1.28 bits per heavy atom. The van der Waals surface area contributed by atoms with Gasteiger partial charge in [0.05, 0.1) is 11.3 Å². The Hall–Kier alpha value is -2.08. The molecule has 1 aromatic heterocycles. The van der Waals surface area contributed by atoms with Crippen LogP contribution in [-0.2, 0) is 0 Å². The van der Waals surface area contributed by atoms with Gasteiger partial charge >= 0.3 is 0 Å². The van der Waals surface area contributed by atoms with Gasteiger partial charge in [-0.1, -0.05) is 11.6 Å². The van der Waals surface area contributed by atoms with E-state index in [2.05, 4.69) is 15.3 Å². The van der Waals surface area contributed by atoms with Crippen LogP contribution in [0.3, 0.4) is 0 Å². The fourth-order valence-electron chi connectivity index (χ4n) is 1.30. The van der Waals surface area contributed by atoms with Crippen LogP contribution in [0.15, 0.2) is 24.5 Å². The Morgan fingerprint density at radius 3 is 2.78 bits per heavy atom. The molecule has 7 heteroatoms. The molecule has 0 aliphatic rings. The largest absolute Gasteiger partial charge is 0.337 e. The standard InChI is InChI=1S/C11H6ClF2N3O/c12-10-7(4-18)11(16-5-15-10)17-9-3-6(13)1-2-8(9)14/h1-5H,(H,15,16,17). The molecule has 0 spiro atoms. The second kappa shape index (κ2) is 5.05. The number of carbonyl (C=O) groups is 1. The molecule has 2 rings (SSSR count). The molecule has 1 N–H and O–H groups in total. The molecule has 1 heterocycles. The molecule has 1 aromatic carbocycles. The van der Waals surface area contributed by atoms with E-state index in [1.54, 1.807) is 0 Å². The molecular weight excluding hydrogens is 264 g/mol. The average Bonchev–Trinajstić information content (AvgIpc) is 2.34. The second-order valence-electron chi connectivity index (χ2n) is 3.29. The monoisotopic (exact) mass is 269 g/mol. The summed E-state index contributed by atoms with van der Waals surface area (Å²) in [6.45, 7) is 0. The van der Waals surface area contributed by atoms with E-state index in [9.17, 15) is 13.6 Å². The van der Waals surface area contributed by atoms with E-state index >= 15 is 0 Å². The van der Waals surface area contributed by atoms with Crippen LogP contribution >= 0.6 is 11.6 Å². The zero-order chi connectivity index (χ0) is 13.1. The van der Waals surface area contributed by atoms with Gasteiger partial charge in [0.2, 0.25) is 0 Å². The van der Waals surface area contributed by atoms with Crippen molar-refractivity contribution in [2.24, 2.45) is 0 Å². The average molecular weight is 270 g/mol. The van der Waals surface area contributed by atoms with Crippen molar-refractivity contribution < 1.29 is 13.6 Å². The Morgan fingerprint density at radius 2 is 2.06 bits per heavy atom. The number of aldehydes is 1. The first kappa shape index (κ1) is 12.4. The number of rotatable bonds is 3. The van der Waals surface area contributed by atoms with Crippen molar-refractivity contribution in [2.45, 2.75) is 0 Å². The highest BCUT2D eigenvalue weighted by Crippen LogP contribution is 2.24. The van der Waals surface area contributed by atoms with Gasteiger partial charge in [-0.05, 0) is 12.1 Å². The van der Waals surface area contributed by atoms with Crippen LogP contribution in [-0.4, -0.2) is 16.3 Å². The summed E-state index contributed by atoms with van der Waals surface area (Å²) in [5.41, 5.74) is -0.171. The van der Waals surface area contributed by atoms with Crippen LogP contribution in [0.5, 0.6) is 0 Å². The molecule has 0 radical (unpaired) electrons. The van der Waals surface area contributed by atoms with Crippen LogP contribution in [0.1, 0.15) is 10.4 Å². The van der Waals surface area contributed by atoms with Crippen molar-refractivity contribution >= 4 is 29.4 Å². The van der Waals surface area contributed by atoms with Gasteiger partial charge < -0.3 is 5.32 Å². The Bertz CT molecular complexity index is 607. The summed E-state index contributed by atoms with van der Waals surface area (Å²) in [7, 11) is 0. The minimum atomic E-state index is -0.678. The number of nitrogens with one attached hydrogen (secondary N) is 1. The number of carbonyl (C=O) groups excluding carboxylic acids is 1. The molecule has 0 amide bonds. The van der Waals surface area contributed by atoms with E-state index in [4.69, 9.17) is 11.6 Å². The Balaban J connectivity index is 2.43. The third kappa shape index (κ3) is 2.43. The SMILES string of the molecule is O=Cc1c(Cl)ncnc1Nc1cc(F)ccc1F. The van der Waals surface area contributed by atoms with E-state index in [-0.39, 0.29) is 22.2 Å². The van der Waals surface area contributed by atoms with E-state index < -0.39 is 11.6 Å². The van der Waals surface area contributed by atoms with Crippen LogP contribution in [0.2, 0.25) is 5.15 Å². The first-order valence-corrected chi connectivity index (χ1v) is 5.17. The normalized spacial score (nSPS) is 10.2. The van der Waals surface area contributed by atoms with E-state index in [0.29, 0.717) is 6.29 Å². The highest BCUT2D eigenvalue weighted by molar-refractivity contribution is 6.32. The Labute approximate surface area is 106 Å². The summed E-state index contributed by atoms with van der Waals surface area (Å²) in [4.78, 5) is 18.2. The fourth-order valence-corrected chi connectivity index (χ4v) is 1.48. The maximum Gasteiger partial charge on any atom is 0.156 e. The fraction of sp³-hybridized carbons (Fsp3) is 0. The van der Waals surface area contributed by atoms with E-state index in [1.165, 1.54) is 0 Å². The maximum absolute atomic E-state index is 13.4. The number of halogens is 3. The summed E-state index contributed by atoms with van der Waals surface area (Å²) >= 11 is 5.68. The van der Waals surface area contributed by atoms with Gasteiger partial charge in [0, 0.05) is 6.07 Å². The zero-order valence-corrected chi connectivity index (χ0v) is 9.58. The molecule has 2 aromatic rings. The van der Waals surface area contributed by atoms with Crippen molar-refractivity contribution in [3.05, 3.63) is 46.9 Å². The molecule has 92 valence electrons. The molecular formula is C11H6ClF2N3O. The van der Waals surface area contributed by atoms with Gasteiger partial charge in [0.25, 0.3) is 0 Å². The van der Waals surface area contributed by atoms with Gasteiger partial charge in [-0.25, -0.2) is 18.7 Å². The topological polar surface area (TPSA) is 54.9 Å². The molecule has 4 nitrogen and oxygen atoms in total. The zero-order valence-electron chi connectivity index (χ0n) is 8.82. The highest BCUT2D eigenvalue weighted by atomic mass is 35.5. The van der Waals surface area contributed by atoms with Crippen molar-refractivity contribution in [3.63, 3.8) is 0 Å². The van der Waals surface area contributed by atoms with E-state index in [1.807, 2.05) is 0 Å². The lowest BCUT2D eigenvalue weighted by atomic mass is 10.2. The third-order valence-corrected chi connectivity index (χ3v) is 2.44. The quantitative estimate of drug-likeness (QED) is 0.687. The van der Waals surface area contributed by atoms with Gasteiger partial charge in [-0.15, -0.1) is 0 Å². The second-order valence-corrected chi connectivity index (χ2v) is 3.65. The maximum atomic E-state index is 13.4. The van der Waals surface area contributed by atoms with E-state index in [0.717, 1.165) is 24.5 Å². The number of hydrogen-bond acceptors (Lipinski definition) is 4. The smallest absolute Gasteiger partial charge is 0.156 e. The molecule has 0 aliphatic heterocycles. The molecule has 0 unspecified atom stereocenters. The van der Waals surface area contributed by atoms with Crippen molar-refractivity contribution in [3.8, 4) is 0 Å². The Kier molecular flexibility index (Phi) is 3.47. The number of benzene rings is 1. The van der Waals surface area contributed by atoms with Crippen molar-refractivity contribution in [1.82, 2.24) is 9.97 Å². The van der Waals surface area contributed by atoms with Crippen LogP contribution in [0, 0.1) is 11.6 Å². The van der Waals surface area contributed by atoms with Crippen LogP contribution in [0.4, 0.5) is 20.3 Å². The van der Waals surface area contributed by atoms with Crippen LogP contribution in [0.25, 0.3) is 0 Å². The number of nitrogens with zero attached hydrogens (tertiary/aromatic N) is 2. The lowest BCUT2D eigenvalue weighted by Crippen LogP contribution is -2.02. The highest BCUT2D eigenvalue weighted by Gasteiger charge is 2.11. The number of aromatic nitrogens is 2. The molecule has 0 fully saturated rings. The summed E-state index contributed by atoms with van der Waals surface area (Å²) in [6.07, 6.45) is 1.54. The third-order valence-electron chi connectivity index (χ3n) is 2.13. The van der Waals surface area contributed by atoms with Gasteiger partial charge in [0.15, 0.2) is 6.29 Å². The summed E-state index contributed by atoms with van der Waals surface area (Å²) in [6, 6.07) is 2.88. The predicted octanol–water partition coefficient (Wildman–Crippen LogP) is 2.96. The molecule has 0 bridgehead atoms. The lowest BCUT2D eigenvalue weighted by molar-refractivity contribution is 0.112. The molecule has 0 atom stereocenters. The first-order chi connectivity index (χ1) is 8.61. The van der Waals surface area contributed by atoms with Crippen molar-refractivity contribution in [1.29, 1.82) is 0 Å². The van der Waals surface area contributed by atoms with Crippen molar-refractivity contribution in [2.75, 3.05) is 5.32 Å². The van der Waals surface area contributed by atoms with Crippen LogP contribution < -0.4 is 5.32 Å². The summed E-state index contributed by atoms with van der Waals surface area (Å²) in [5, 5.41) is 2.42. The number of anilines is 2. The van der Waals surface area contributed by atoms with Gasteiger partial charge in [0.1, 0.15) is 28.9 Å².